The lowest BCUT2D eigenvalue weighted by molar-refractivity contribution is 0.0528. The summed E-state index contributed by atoms with van der Waals surface area (Å²) in [4.78, 5) is 19.1. The summed E-state index contributed by atoms with van der Waals surface area (Å²) in [6.45, 7) is 3.80. The van der Waals surface area contributed by atoms with Gasteiger partial charge < -0.3 is 20.1 Å². The Morgan fingerprint density at radius 3 is 3.03 bits per heavy atom. The molecule has 9 heteroatoms. The molecular weight excluding hydrogens is 401 g/mol. The maximum atomic E-state index is 14.1. The van der Waals surface area contributed by atoms with Crippen LogP contribution in [-0.4, -0.2) is 46.9 Å². The summed E-state index contributed by atoms with van der Waals surface area (Å²) in [7, 11) is 0. The maximum absolute atomic E-state index is 14.1. The van der Waals surface area contributed by atoms with Crippen molar-refractivity contribution in [1.82, 2.24) is 14.6 Å². The van der Waals surface area contributed by atoms with Crippen molar-refractivity contribution in [2.45, 2.75) is 32.2 Å². The molecule has 0 spiro atoms. The van der Waals surface area contributed by atoms with Crippen LogP contribution in [0.2, 0.25) is 0 Å². The minimum absolute atomic E-state index is 0.0903. The maximum Gasteiger partial charge on any atom is 0.343 e. The van der Waals surface area contributed by atoms with E-state index in [-0.39, 0.29) is 18.5 Å². The van der Waals surface area contributed by atoms with Gasteiger partial charge in [0.15, 0.2) is 5.65 Å². The quantitative estimate of drug-likeness (QED) is 0.436. The van der Waals surface area contributed by atoms with Crippen LogP contribution in [0.3, 0.4) is 0 Å². The van der Waals surface area contributed by atoms with Crippen LogP contribution in [0.25, 0.3) is 5.65 Å². The molecule has 0 radical (unpaired) electrons. The first-order chi connectivity index (χ1) is 15.1. The van der Waals surface area contributed by atoms with Crippen LogP contribution in [-0.2, 0) is 4.74 Å². The number of esters is 1. The van der Waals surface area contributed by atoms with Gasteiger partial charge in [-0.15, -0.1) is 0 Å². The first-order valence-electron chi connectivity index (χ1n) is 10.5. The predicted molar refractivity (Wildman–Crippen MR) is 114 cm³/mol. The third-order valence-electron chi connectivity index (χ3n) is 5.33. The lowest BCUT2D eigenvalue weighted by Gasteiger charge is -2.27. The first-order valence-corrected chi connectivity index (χ1v) is 10.5. The van der Waals surface area contributed by atoms with Crippen molar-refractivity contribution in [2.75, 3.05) is 31.2 Å². The number of fused-ring (bicyclic) bond motifs is 1. The van der Waals surface area contributed by atoms with Gasteiger partial charge in [0.2, 0.25) is 0 Å². The molecule has 1 aliphatic heterocycles. The van der Waals surface area contributed by atoms with Gasteiger partial charge in [-0.25, -0.2) is 18.7 Å². The highest BCUT2D eigenvalue weighted by molar-refractivity contribution is 5.95. The van der Waals surface area contributed by atoms with Gasteiger partial charge in [-0.05, 0) is 57.0 Å². The molecule has 164 valence electrons. The SMILES string of the molecule is CCOC(=O)c1cnn2ccc(N3CCCC3c3cc(F)ccc3OCCCN)nc12. The van der Waals surface area contributed by atoms with Gasteiger partial charge in [-0.2, -0.15) is 5.10 Å². The molecule has 31 heavy (non-hydrogen) atoms. The summed E-state index contributed by atoms with van der Waals surface area (Å²) in [5, 5.41) is 4.19. The van der Waals surface area contributed by atoms with Crippen LogP contribution in [0.5, 0.6) is 5.75 Å². The molecule has 1 aliphatic rings. The Labute approximate surface area is 179 Å². The number of rotatable bonds is 8. The molecule has 1 fully saturated rings. The average Bonchev–Trinajstić information content (AvgIpc) is 3.41. The van der Waals surface area contributed by atoms with Crippen LogP contribution in [0.1, 0.15) is 48.1 Å². The summed E-state index contributed by atoms with van der Waals surface area (Å²) >= 11 is 0. The largest absolute Gasteiger partial charge is 0.493 e. The van der Waals surface area contributed by atoms with E-state index in [1.807, 2.05) is 6.07 Å². The second-order valence-corrected chi connectivity index (χ2v) is 7.36. The van der Waals surface area contributed by atoms with Crippen LogP contribution in [0.15, 0.2) is 36.7 Å². The number of nitrogens with zero attached hydrogens (tertiary/aromatic N) is 4. The van der Waals surface area contributed by atoms with Crippen LogP contribution in [0.4, 0.5) is 10.2 Å². The number of carbonyl (C=O) groups excluding carboxylic acids is 1. The van der Waals surface area contributed by atoms with Crippen LogP contribution >= 0.6 is 0 Å². The molecule has 0 amide bonds. The molecule has 4 rings (SSSR count). The molecule has 0 bridgehead atoms. The molecule has 2 aromatic heterocycles. The molecule has 0 saturated carbocycles. The number of anilines is 1. The summed E-state index contributed by atoms with van der Waals surface area (Å²) in [5.41, 5.74) is 7.10. The summed E-state index contributed by atoms with van der Waals surface area (Å²) < 4.78 is 26.7. The van der Waals surface area contributed by atoms with Gasteiger partial charge in [0.1, 0.15) is 22.9 Å². The molecule has 1 unspecified atom stereocenters. The van der Waals surface area contributed by atoms with Crippen molar-refractivity contribution in [3.63, 3.8) is 0 Å². The second kappa shape index (κ2) is 9.30. The fourth-order valence-electron chi connectivity index (χ4n) is 3.91. The number of aromatic nitrogens is 3. The number of nitrogens with two attached hydrogens (primary N) is 1. The highest BCUT2D eigenvalue weighted by atomic mass is 19.1. The van der Waals surface area contributed by atoms with Gasteiger partial charge in [-0.1, -0.05) is 0 Å². The Balaban J connectivity index is 1.68. The molecule has 1 aromatic carbocycles. The van der Waals surface area contributed by atoms with Crippen molar-refractivity contribution in [3.05, 3.63) is 53.6 Å². The first kappa shape index (κ1) is 21.0. The van der Waals surface area contributed by atoms with Crippen molar-refractivity contribution >= 4 is 17.4 Å². The lowest BCUT2D eigenvalue weighted by atomic mass is 10.0. The van der Waals surface area contributed by atoms with E-state index in [4.69, 9.17) is 20.2 Å². The standard InChI is InChI=1S/C22H26FN5O3/c1-2-30-22(29)17-14-25-28-11-8-20(26-21(17)28)27-10-3-5-18(27)16-13-15(23)6-7-19(16)31-12-4-9-24/h6-8,11,13-14,18H,2-5,9-10,12,24H2,1H3. The summed E-state index contributed by atoms with van der Waals surface area (Å²) in [5.74, 6) is 0.584. The predicted octanol–water partition coefficient (Wildman–Crippen LogP) is 3.11. The van der Waals surface area contributed by atoms with Gasteiger partial charge in [0.05, 0.1) is 25.5 Å². The Morgan fingerprint density at radius 2 is 2.23 bits per heavy atom. The minimum Gasteiger partial charge on any atom is -0.493 e. The zero-order chi connectivity index (χ0) is 21.8. The normalized spacial score (nSPS) is 16.1. The summed E-state index contributed by atoms with van der Waals surface area (Å²) in [6, 6.07) is 6.36. The highest BCUT2D eigenvalue weighted by Gasteiger charge is 2.30. The molecule has 8 nitrogen and oxygen atoms in total. The lowest BCUT2D eigenvalue weighted by Crippen LogP contribution is -2.24. The van der Waals surface area contributed by atoms with E-state index < -0.39 is 5.97 Å². The number of hydrogen-bond donors (Lipinski definition) is 1. The monoisotopic (exact) mass is 427 g/mol. The van der Waals surface area contributed by atoms with E-state index in [2.05, 4.69) is 10.00 Å². The molecular formula is C22H26FN5O3. The fourth-order valence-corrected chi connectivity index (χ4v) is 3.91. The van der Waals surface area contributed by atoms with Crippen LogP contribution in [0, 0.1) is 5.82 Å². The van der Waals surface area contributed by atoms with E-state index in [1.165, 1.54) is 18.3 Å². The summed E-state index contributed by atoms with van der Waals surface area (Å²) in [6.07, 6.45) is 5.72. The molecule has 3 heterocycles. The van der Waals surface area contributed by atoms with Crippen LogP contribution < -0.4 is 15.4 Å². The second-order valence-electron chi connectivity index (χ2n) is 7.36. The Morgan fingerprint density at radius 1 is 1.35 bits per heavy atom. The van der Waals surface area contributed by atoms with Gasteiger partial charge in [0, 0.05) is 18.3 Å². The molecule has 0 aliphatic carbocycles. The van der Waals surface area contributed by atoms with E-state index in [9.17, 15) is 9.18 Å². The van der Waals surface area contributed by atoms with E-state index in [0.717, 1.165) is 31.4 Å². The smallest absolute Gasteiger partial charge is 0.343 e. The van der Waals surface area contributed by atoms with Crippen molar-refractivity contribution in [1.29, 1.82) is 0 Å². The minimum atomic E-state index is -0.458. The molecule has 3 aromatic rings. The van der Waals surface area contributed by atoms with Gasteiger partial charge in [0.25, 0.3) is 0 Å². The Kier molecular flexibility index (Phi) is 6.31. The Bertz CT molecular complexity index is 1070. The number of benzene rings is 1. The number of carbonyl (C=O) groups is 1. The molecule has 1 saturated heterocycles. The molecule has 2 N–H and O–H groups in total. The highest BCUT2D eigenvalue weighted by Crippen LogP contribution is 2.39. The Hall–Kier alpha value is -3.20. The van der Waals surface area contributed by atoms with Crippen molar-refractivity contribution < 1.29 is 18.7 Å². The third-order valence-corrected chi connectivity index (χ3v) is 5.33. The van der Waals surface area contributed by atoms with E-state index in [0.29, 0.717) is 35.9 Å². The van der Waals surface area contributed by atoms with Crippen molar-refractivity contribution in [3.8, 4) is 5.75 Å². The van der Waals surface area contributed by atoms with Gasteiger partial charge in [-0.3, -0.25) is 0 Å². The van der Waals surface area contributed by atoms with Gasteiger partial charge >= 0.3 is 5.97 Å². The van der Waals surface area contributed by atoms with E-state index in [1.54, 1.807) is 23.7 Å². The topological polar surface area (TPSA) is 95.0 Å². The zero-order valence-electron chi connectivity index (χ0n) is 17.5. The average molecular weight is 427 g/mol. The molecule has 1 atom stereocenters. The number of ether oxygens (including phenoxy) is 2. The number of halogens is 1. The third kappa shape index (κ3) is 4.32. The van der Waals surface area contributed by atoms with Crippen molar-refractivity contribution in [2.24, 2.45) is 5.73 Å². The number of hydrogen-bond acceptors (Lipinski definition) is 7. The fraction of sp³-hybridized carbons (Fsp3) is 0.409. The van der Waals surface area contributed by atoms with E-state index >= 15 is 0 Å². The zero-order valence-corrected chi connectivity index (χ0v) is 17.5.